The molecule has 0 bridgehead atoms. The third-order valence-corrected chi connectivity index (χ3v) is 6.38. The van der Waals surface area contributed by atoms with E-state index in [9.17, 15) is 13.2 Å². The molecule has 3 rings (SSSR count). The molecule has 31 heavy (non-hydrogen) atoms. The van der Waals surface area contributed by atoms with E-state index in [1.807, 2.05) is 12.1 Å². The van der Waals surface area contributed by atoms with Gasteiger partial charge in [0.05, 0.1) is 10.6 Å². The van der Waals surface area contributed by atoms with E-state index in [4.69, 9.17) is 23.2 Å². The van der Waals surface area contributed by atoms with E-state index in [2.05, 4.69) is 30.8 Å². The summed E-state index contributed by atoms with van der Waals surface area (Å²) in [5.41, 5.74) is 2.39. The fourth-order valence-corrected chi connectivity index (χ4v) is 4.44. The Balaban J connectivity index is 1.71. The third-order valence-electron chi connectivity index (χ3n) is 4.55. The number of nitrogens with one attached hydrogen (secondary N) is 2. The van der Waals surface area contributed by atoms with E-state index in [0.717, 1.165) is 5.56 Å². The van der Waals surface area contributed by atoms with Gasteiger partial charge in [0.25, 0.3) is 15.9 Å². The Labute approximate surface area is 192 Å². The average Bonchev–Trinajstić information content (AvgIpc) is 2.66. The lowest BCUT2D eigenvalue weighted by atomic mass is 9.87. The van der Waals surface area contributed by atoms with Crippen molar-refractivity contribution in [3.8, 4) is 0 Å². The zero-order chi connectivity index (χ0) is 22.8. The van der Waals surface area contributed by atoms with Crippen LogP contribution in [0.3, 0.4) is 0 Å². The molecule has 3 aromatic rings. The zero-order valence-corrected chi connectivity index (χ0v) is 19.6. The minimum Gasteiger partial charge on any atom is -0.322 e. The molecule has 8 heteroatoms. The maximum atomic E-state index is 12.6. The summed E-state index contributed by atoms with van der Waals surface area (Å²) in [6.07, 6.45) is 0. The first-order valence-electron chi connectivity index (χ1n) is 9.45. The maximum Gasteiger partial charge on any atom is 0.261 e. The molecule has 1 amide bonds. The number of anilines is 2. The fourth-order valence-electron chi connectivity index (χ4n) is 2.87. The van der Waals surface area contributed by atoms with Gasteiger partial charge in [0.15, 0.2) is 0 Å². The van der Waals surface area contributed by atoms with Crippen molar-refractivity contribution in [2.24, 2.45) is 0 Å². The van der Waals surface area contributed by atoms with Crippen molar-refractivity contribution >= 4 is 50.5 Å². The minimum atomic E-state index is -3.84. The van der Waals surface area contributed by atoms with E-state index in [-0.39, 0.29) is 21.9 Å². The second-order valence-electron chi connectivity index (χ2n) is 8.07. The van der Waals surface area contributed by atoms with Crippen LogP contribution in [0.1, 0.15) is 36.7 Å². The summed E-state index contributed by atoms with van der Waals surface area (Å²) >= 11 is 11.8. The highest BCUT2D eigenvalue weighted by molar-refractivity contribution is 7.92. The first-order chi connectivity index (χ1) is 14.4. The van der Waals surface area contributed by atoms with Gasteiger partial charge in [0.2, 0.25) is 0 Å². The SMILES string of the molecule is CC(C)(C)c1ccc(C(=O)Nc2ccc(S(=O)(=O)Nc3cc(Cl)cc(Cl)c3)cc2)cc1. The summed E-state index contributed by atoms with van der Waals surface area (Å²) in [4.78, 5) is 12.5. The molecule has 0 saturated heterocycles. The van der Waals surface area contributed by atoms with Crippen LogP contribution in [-0.4, -0.2) is 14.3 Å². The molecule has 0 fully saturated rings. The molecule has 0 heterocycles. The lowest BCUT2D eigenvalue weighted by Gasteiger charge is -2.19. The topological polar surface area (TPSA) is 75.3 Å². The molecule has 0 atom stereocenters. The van der Waals surface area contributed by atoms with Crippen LogP contribution in [0.25, 0.3) is 0 Å². The minimum absolute atomic E-state index is 0.000774. The largest absolute Gasteiger partial charge is 0.322 e. The zero-order valence-electron chi connectivity index (χ0n) is 17.2. The summed E-state index contributed by atoms with van der Waals surface area (Å²) < 4.78 is 27.7. The van der Waals surface area contributed by atoms with Gasteiger partial charge < -0.3 is 5.32 Å². The predicted octanol–water partition coefficient (Wildman–Crippen LogP) is 6.34. The number of carbonyl (C=O) groups is 1. The Bertz CT molecular complexity index is 1180. The smallest absolute Gasteiger partial charge is 0.261 e. The molecular weight excluding hydrogens is 455 g/mol. The lowest BCUT2D eigenvalue weighted by molar-refractivity contribution is 0.102. The van der Waals surface area contributed by atoms with Crippen LogP contribution in [0.4, 0.5) is 11.4 Å². The number of halogens is 2. The monoisotopic (exact) mass is 476 g/mol. The van der Waals surface area contributed by atoms with Crippen molar-refractivity contribution in [2.45, 2.75) is 31.1 Å². The van der Waals surface area contributed by atoms with Crippen LogP contribution < -0.4 is 10.0 Å². The lowest BCUT2D eigenvalue weighted by Crippen LogP contribution is -2.15. The van der Waals surface area contributed by atoms with Gasteiger partial charge in [0.1, 0.15) is 0 Å². The van der Waals surface area contributed by atoms with Gasteiger partial charge in [-0.1, -0.05) is 56.1 Å². The Morgan fingerprint density at radius 3 is 1.87 bits per heavy atom. The molecule has 0 aliphatic heterocycles. The number of rotatable bonds is 5. The van der Waals surface area contributed by atoms with E-state index < -0.39 is 10.0 Å². The van der Waals surface area contributed by atoms with E-state index in [1.165, 1.54) is 42.5 Å². The van der Waals surface area contributed by atoms with Crippen LogP contribution in [0, 0.1) is 0 Å². The normalized spacial score (nSPS) is 11.8. The molecule has 0 aliphatic rings. The van der Waals surface area contributed by atoms with Crippen LogP contribution in [-0.2, 0) is 15.4 Å². The number of amides is 1. The van der Waals surface area contributed by atoms with E-state index in [1.54, 1.807) is 12.1 Å². The van der Waals surface area contributed by atoms with Gasteiger partial charge in [-0.25, -0.2) is 8.42 Å². The van der Waals surface area contributed by atoms with Gasteiger partial charge in [0, 0.05) is 21.3 Å². The van der Waals surface area contributed by atoms with Gasteiger partial charge >= 0.3 is 0 Å². The van der Waals surface area contributed by atoms with Crippen LogP contribution in [0.5, 0.6) is 0 Å². The molecule has 0 unspecified atom stereocenters. The van der Waals surface area contributed by atoms with E-state index in [0.29, 0.717) is 21.3 Å². The first kappa shape index (κ1) is 23.1. The van der Waals surface area contributed by atoms with Gasteiger partial charge in [-0.05, 0) is 65.6 Å². The predicted molar refractivity (Wildman–Crippen MR) is 127 cm³/mol. The summed E-state index contributed by atoms with van der Waals surface area (Å²) in [6, 6.07) is 17.7. The number of carbonyl (C=O) groups excluding carboxylic acids is 1. The third kappa shape index (κ3) is 6.00. The molecule has 0 radical (unpaired) electrons. The fraction of sp³-hybridized carbons (Fsp3) is 0.174. The Kier molecular flexibility index (Phi) is 6.65. The van der Waals surface area contributed by atoms with Gasteiger partial charge in [-0.2, -0.15) is 0 Å². The molecule has 2 N–H and O–H groups in total. The van der Waals surface area contributed by atoms with Crippen molar-refractivity contribution < 1.29 is 13.2 Å². The number of hydrogen-bond donors (Lipinski definition) is 2. The van der Waals surface area contributed by atoms with Crippen LogP contribution in [0.2, 0.25) is 10.0 Å². The van der Waals surface area contributed by atoms with E-state index >= 15 is 0 Å². The van der Waals surface area contributed by atoms with Crippen LogP contribution in [0.15, 0.2) is 71.6 Å². The van der Waals surface area contributed by atoms with Crippen molar-refractivity contribution in [1.82, 2.24) is 0 Å². The molecule has 0 spiro atoms. The van der Waals surface area contributed by atoms with Crippen molar-refractivity contribution in [3.05, 3.63) is 87.9 Å². The summed E-state index contributed by atoms with van der Waals surface area (Å²) in [7, 11) is -3.84. The molecule has 0 saturated carbocycles. The van der Waals surface area contributed by atoms with Crippen molar-refractivity contribution in [1.29, 1.82) is 0 Å². The van der Waals surface area contributed by atoms with Crippen LogP contribution >= 0.6 is 23.2 Å². The average molecular weight is 477 g/mol. The highest BCUT2D eigenvalue weighted by Gasteiger charge is 2.16. The molecule has 0 aliphatic carbocycles. The van der Waals surface area contributed by atoms with Crippen molar-refractivity contribution in [3.63, 3.8) is 0 Å². The molecule has 0 aromatic heterocycles. The second-order valence-corrected chi connectivity index (χ2v) is 10.6. The highest BCUT2D eigenvalue weighted by atomic mass is 35.5. The quantitative estimate of drug-likeness (QED) is 0.450. The summed E-state index contributed by atoms with van der Waals surface area (Å²) in [5.74, 6) is -0.275. The summed E-state index contributed by atoms with van der Waals surface area (Å²) in [6.45, 7) is 6.31. The Morgan fingerprint density at radius 2 is 1.35 bits per heavy atom. The number of sulfonamides is 1. The maximum absolute atomic E-state index is 12.6. The van der Waals surface area contributed by atoms with Gasteiger partial charge in [-0.15, -0.1) is 0 Å². The Morgan fingerprint density at radius 1 is 0.806 bits per heavy atom. The Hall–Kier alpha value is -2.54. The number of benzene rings is 3. The standard InChI is InChI=1S/C23H22Cl2N2O3S/c1-23(2,3)16-6-4-15(5-7-16)22(28)26-19-8-10-21(11-9-19)31(29,30)27-20-13-17(24)12-18(25)14-20/h4-14,27H,1-3H3,(H,26,28). The van der Waals surface area contributed by atoms with Crippen molar-refractivity contribution in [2.75, 3.05) is 10.0 Å². The molecule has 3 aromatic carbocycles. The molecule has 5 nitrogen and oxygen atoms in total. The second kappa shape index (κ2) is 8.91. The first-order valence-corrected chi connectivity index (χ1v) is 11.7. The molecular formula is C23H22Cl2N2O3S. The highest BCUT2D eigenvalue weighted by Crippen LogP contribution is 2.26. The molecule has 162 valence electrons. The van der Waals surface area contributed by atoms with Gasteiger partial charge in [-0.3, -0.25) is 9.52 Å². The number of hydrogen-bond acceptors (Lipinski definition) is 3. The summed E-state index contributed by atoms with van der Waals surface area (Å²) in [5, 5.41) is 3.41.